The molecule has 1 aliphatic rings. The molecule has 0 atom stereocenters. The van der Waals surface area contributed by atoms with Crippen LogP contribution in [0.5, 0.6) is 0 Å². The van der Waals surface area contributed by atoms with Crippen molar-refractivity contribution < 1.29 is 0 Å². The number of aryl methyl sites for hydroxylation is 2. The van der Waals surface area contributed by atoms with Crippen molar-refractivity contribution in [1.29, 1.82) is 0 Å². The average Bonchev–Trinajstić information content (AvgIpc) is 2.96. The van der Waals surface area contributed by atoms with Gasteiger partial charge >= 0.3 is 0 Å². The summed E-state index contributed by atoms with van der Waals surface area (Å²) in [6, 6.07) is 6.48. The van der Waals surface area contributed by atoms with Crippen LogP contribution in [-0.2, 0) is 0 Å². The van der Waals surface area contributed by atoms with Gasteiger partial charge in [0.05, 0.1) is 23.3 Å². The summed E-state index contributed by atoms with van der Waals surface area (Å²) < 4.78 is 1.93. The molecule has 0 bridgehead atoms. The van der Waals surface area contributed by atoms with Gasteiger partial charge in [-0.1, -0.05) is 18.9 Å². The lowest BCUT2D eigenvalue weighted by Gasteiger charge is -2.07. The van der Waals surface area contributed by atoms with Crippen LogP contribution >= 0.6 is 0 Å². The largest absolute Gasteiger partial charge is 0.396 e. The molecule has 2 N–H and O–H groups in total. The maximum Gasteiger partial charge on any atom is 0.0889 e. The fraction of sp³-hybridized carbons (Fsp3) is 0.438. The lowest BCUT2D eigenvalue weighted by molar-refractivity contribution is 0.680. The molecule has 0 radical (unpaired) electrons. The standard InChI is InChI=1S/C16H21N3/c1-11-7-12(2)9-14(8-11)19-10-15(17)16(18-19)13-5-3-4-6-13/h7-10,13H,3-6,17H2,1-2H3. The van der Waals surface area contributed by atoms with E-state index >= 15 is 0 Å². The summed E-state index contributed by atoms with van der Waals surface area (Å²) in [5.41, 5.74) is 11.7. The summed E-state index contributed by atoms with van der Waals surface area (Å²) in [4.78, 5) is 0. The van der Waals surface area contributed by atoms with Crippen LogP contribution in [0.4, 0.5) is 5.69 Å². The molecule has 1 aromatic heterocycles. The number of nitrogens with zero attached hydrogens (tertiary/aromatic N) is 2. The van der Waals surface area contributed by atoms with E-state index in [4.69, 9.17) is 10.8 Å². The molecule has 1 saturated carbocycles. The third kappa shape index (κ3) is 2.37. The Bertz CT molecular complexity index is 572. The summed E-state index contributed by atoms with van der Waals surface area (Å²) in [6.07, 6.45) is 7.03. The van der Waals surface area contributed by atoms with E-state index in [1.54, 1.807) is 0 Å². The van der Waals surface area contributed by atoms with Crippen molar-refractivity contribution in [3.63, 3.8) is 0 Å². The number of hydrogen-bond donors (Lipinski definition) is 1. The minimum absolute atomic E-state index is 0.562. The fourth-order valence-corrected chi connectivity index (χ4v) is 3.13. The molecule has 19 heavy (non-hydrogen) atoms. The quantitative estimate of drug-likeness (QED) is 0.888. The second-order valence-corrected chi connectivity index (χ2v) is 5.74. The summed E-state index contributed by atoms with van der Waals surface area (Å²) in [5, 5.41) is 4.74. The van der Waals surface area contributed by atoms with E-state index in [9.17, 15) is 0 Å². The molecule has 3 rings (SSSR count). The first-order chi connectivity index (χ1) is 9.13. The van der Waals surface area contributed by atoms with E-state index < -0.39 is 0 Å². The number of benzene rings is 1. The number of nitrogen functional groups attached to an aromatic ring is 1. The SMILES string of the molecule is Cc1cc(C)cc(-n2cc(N)c(C3CCCC3)n2)c1. The van der Waals surface area contributed by atoms with Crippen LogP contribution in [0.3, 0.4) is 0 Å². The smallest absolute Gasteiger partial charge is 0.0889 e. The van der Waals surface area contributed by atoms with Gasteiger partial charge < -0.3 is 5.73 Å². The molecule has 0 spiro atoms. The summed E-state index contributed by atoms with van der Waals surface area (Å²) >= 11 is 0. The highest BCUT2D eigenvalue weighted by Gasteiger charge is 2.22. The first kappa shape index (κ1) is 12.3. The molecule has 3 nitrogen and oxygen atoms in total. The molecular formula is C16H21N3. The van der Waals surface area contributed by atoms with Gasteiger partial charge in [-0.2, -0.15) is 5.10 Å². The van der Waals surface area contributed by atoms with E-state index in [2.05, 4.69) is 32.0 Å². The van der Waals surface area contributed by atoms with Crippen LogP contribution in [0.2, 0.25) is 0 Å². The topological polar surface area (TPSA) is 43.8 Å². The molecule has 1 fully saturated rings. The van der Waals surface area contributed by atoms with Crippen molar-refractivity contribution in [3.05, 3.63) is 41.2 Å². The highest BCUT2D eigenvalue weighted by Crippen LogP contribution is 2.36. The zero-order valence-electron chi connectivity index (χ0n) is 11.7. The zero-order valence-corrected chi connectivity index (χ0v) is 11.7. The monoisotopic (exact) mass is 255 g/mol. The number of rotatable bonds is 2. The third-order valence-electron chi connectivity index (χ3n) is 3.99. The Kier molecular flexibility index (Phi) is 3.05. The van der Waals surface area contributed by atoms with Gasteiger partial charge in [0.25, 0.3) is 0 Å². The van der Waals surface area contributed by atoms with E-state index in [0.717, 1.165) is 17.1 Å². The lowest BCUT2D eigenvalue weighted by Crippen LogP contribution is -2.00. The lowest BCUT2D eigenvalue weighted by atomic mass is 10.0. The number of nitrogens with two attached hydrogens (primary N) is 1. The Morgan fingerprint density at radius 2 is 1.74 bits per heavy atom. The van der Waals surface area contributed by atoms with E-state index in [1.165, 1.54) is 36.8 Å². The van der Waals surface area contributed by atoms with Crippen molar-refractivity contribution >= 4 is 5.69 Å². The molecule has 0 unspecified atom stereocenters. The average molecular weight is 255 g/mol. The molecule has 0 amide bonds. The molecule has 1 aliphatic carbocycles. The van der Waals surface area contributed by atoms with Gasteiger partial charge in [0.2, 0.25) is 0 Å². The highest BCUT2D eigenvalue weighted by atomic mass is 15.3. The van der Waals surface area contributed by atoms with Crippen LogP contribution in [0.1, 0.15) is 48.4 Å². The first-order valence-electron chi connectivity index (χ1n) is 7.07. The minimum atomic E-state index is 0.562. The van der Waals surface area contributed by atoms with Gasteiger partial charge in [0.1, 0.15) is 0 Å². The molecule has 0 aliphatic heterocycles. The molecule has 1 aromatic carbocycles. The van der Waals surface area contributed by atoms with Crippen LogP contribution in [-0.4, -0.2) is 9.78 Å². The van der Waals surface area contributed by atoms with Gasteiger partial charge in [-0.3, -0.25) is 0 Å². The van der Waals surface area contributed by atoms with Gasteiger partial charge in [-0.15, -0.1) is 0 Å². The normalized spacial score (nSPS) is 16.1. The predicted octanol–water partition coefficient (Wildman–Crippen LogP) is 3.73. The van der Waals surface area contributed by atoms with Crippen molar-refractivity contribution in [2.24, 2.45) is 0 Å². The summed E-state index contributed by atoms with van der Waals surface area (Å²) in [5.74, 6) is 0.562. The highest BCUT2D eigenvalue weighted by molar-refractivity contribution is 5.47. The molecule has 3 heteroatoms. The molecule has 100 valence electrons. The van der Waals surface area contributed by atoms with E-state index in [0.29, 0.717) is 5.92 Å². The Labute approximate surface area is 114 Å². The van der Waals surface area contributed by atoms with Gasteiger partial charge in [0, 0.05) is 5.92 Å². The summed E-state index contributed by atoms with van der Waals surface area (Å²) in [6.45, 7) is 4.22. The van der Waals surface area contributed by atoms with Crippen molar-refractivity contribution in [2.45, 2.75) is 45.4 Å². The molecular weight excluding hydrogens is 234 g/mol. The molecule has 1 heterocycles. The second-order valence-electron chi connectivity index (χ2n) is 5.74. The third-order valence-corrected chi connectivity index (χ3v) is 3.99. The van der Waals surface area contributed by atoms with Gasteiger partial charge in [0.15, 0.2) is 0 Å². The van der Waals surface area contributed by atoms with Gasteiger partial charge in [-0.25, -0.2) is 4.68 Å². The maximum absolute atomic E-state index is 6.15. The van der Waals surface area contributed by atoms with E-state index in [-0.39, 0.29) is 0 Å². The van der Waals surface area contributed by atoms with Crippen molar-refractivity contribution in [1.82, 2.24) is 9.78 Å². The molecule has 0 saturated heterocycles. The van der Waals surface area contributed by atoms with Crippen LogP contribution < -0.4 is 5.73 Å². The number of anilines is 1. The van der Waals surface area contributed by atoms with Gasteiger partial charge in [-0.05, 0) is 49.9 Å². The number of aromatic nitrogens is 2. The fourth-order valence-electron chi connectivity index (χ4n) is 3.13. The van der Waals surface area contributed by atoms with E-state index in [1.807, 2.05) is 10.9 Å². The Balaban J connectivity index is 1.99. The number of hydrogen-bond acceptors (Lipinski definition) is 2. The summed E-state index contributed by atoms with van der Waals surface area (Å²) in [7, 11) is 0. The Morgan fingerprint density at radius 1 is 1.11 bits per heavy atom. The maximum atomic E-state index is 6.15. The van der Waals surface area contributed by atoms with Crippen molar-refractivity contribution in [3.8, 4) is 5.69 Å². The zero-order chi connectivity index (χ0) is 13.4. The Hall–Kier alpha value is -1.77. The predicted molar refractivity (Wildman–Crippen MR) is 78.7 cm³/mol. The first-order valence-corrected chi connectivity index (χ1v) is 7.07. The van der Waals surface area contributed by atoms with Crippen molar-refractivity contribution in [2.75, 3.05) is 5.73 Å². The van der Waals surface area contributed by atoms with Crippen LogP contribution in [0, 0.1) is 13.8 Å². The molecule has 2 aromatic rings. The van der Waals surface area contributed by atoms with Crippen LogP contribution in [0.25, 0.3) is 5.69 Å². The second kappa shape index (κ2) is 4.72. The Morgan fingerprint density at radius 3 is 2.37 bits per heavy atom. The minimum Gasteiger partial charge on any atom is -0.396 e. The van der Waals surface area contributed by atoms with Crippen LogP contribution in [0.15, 0.2) is 24.4 Å².